The number of tetrazole rings is 1. The average molecular weight is 320 g/mol. The maximum Gasteiger partial charge on any atom is 0.151 e. The second kappa shape index (κ2) is 5.77. The number of halogens is 1. The smallest absolute Gasteiger partial charge is 0.151 e. The standard InChI is InChI=1S/C10H17IN4/c11-8-4-7-10-12-13-14-15(10)9-5-2-1-3-6-9/h9H,1-8H2. The maximum atomic E-state index is 4.15. The lowest BCUT2D eigenvalue weighted by Crippen LogP contribution is -2.17. The third-order valence-corrected chi connectivity index (χ3v) is 3.78. The molecule has 1 heterocycles. The van der Waals surface area contributed by atoms with Crippen molar-refractivity contribution < 1.29 is 0 Å². The highest BCUT2D eigenvalue weighted by Gasteiger charge is 2.19. The van der Waals surface area contributed by atoms with Gasteiger partial charge in [0.1, 0.15) is 0 Å². The summed E-state index contributed by atoms with van der Waals surface area (Å²) in [4.78, 5) is 0. The van der Waals surface area contributed by atoms with Crippen LogP contribution in [0.3, 0.4) is 0 Å². The Morgan fingerprint density at radius 1 is 1.27 bits per heavy atom. The van der Waals surface area contributed by atoms with E-state index in [2.05, 4.69) is 42.8 Å². The van der Waals surface area contributed by atoms with Gasteiger partial charge in [-0.1, -0.05) is 41.9 Å². The van der Waals surface area contributed by atoms with Gasteiger partial charge in [-0.15, -0.1) is 5.10 Å². The van der Waals surface area contributed by atoms with Crippen LogP contribution in [0.5, 0.6) is 0 Å². The first-order valence-electron chi connectivity index (χ1n) is 5.74. The van der Waals surface area contributed by atoms with Crippen LogP contribution in [-0.4, -0.2) is 24.6 Å². The van der Waals surface area contributed by atoms with Crippen LogP contribution in [0.4, 0.5) is 0 Å². The molecule has 4 nitrogen and oxygen atoms in total. The van der Waals surface area contributed by atoms with Crippen LogP contribution in [0.1, 0.15) is 50.4 Å². The molecule has 0 N–H and O–H groups in total. The Hall–Kier alpha value is -0.200. The van der Waals surface area contributed by atoms with E-state index in [-0.39, 0.29) is 0 Å². The van der Waals surface area contributed by atoms with E-state index < -0.39 is 0 Å². The van der Waals surface area contributed by atoms with Gasteiger partial charge in [-0.25, -0.2) is 4.68 Å². The van der Waals surface area contributed by atoms with Crippen molar-refractivity contribution in [3.63, 3.8) is 0 Å². The molecule has 5 heteroatoms. The zero-order valence-electron chi connectivity index (χ0n) is 8.90. The molecule has 0 aliphatic heterocycles. The molecule has 1 aromatic heterocycles. The van der Waals surface area contributed by atoms with E-state index in [0.717, 1.165) is 12.2 Å². The number of alkyl halides is 1. The summed E-state index contributed by atoms with van der Waals surface area (Å²) in [5.74, 6) is 1.08. The fourth-order valence-corrected chi connectivity index (χ4v) is 2.59. The number of aryl methyl sites for hydroxylation is 1. The molecule has 1 fully saturated rings. The second-order valence-corrected chi connectivity index (χ2v) is 5.20. The number of rotatable bonds is 4. The van der Waals surface area contributed by atoms with Crippen LogP contribution in [0, 0.1) is 0 Å². The molecule has 0 saturated heterocycles. The molecule has 2 rings (SSSR count). The lowest BCUT2D eigenvalue weighted by Gasteiger charge is -2.22. The molecular formula is C10H17IN4. The normalized spacial score (nSPS) is 18.2. The monoisotopic (exact) mass is 320 g/mol. The minimum absolute atomic E-state index is 0.568. The van der Waals surface area contributed by atoms with Gasteiger partial charge in [0.25, 0.3) is 0 Å². The van der Waals surface area contributed by atoms with E-state index in [1.807, 2.05) is 0 Å². The zero-order valence-corrected chi connectivity index (χ0v) is 11.1. The highest BCUT2D eigenvalue weighted by Crippen LogP contribution is 2.27. The fraction of sp³-hybridized carbons (Fsp3) is 0.900. The number of hydrogen-bond donors (Lipinski definition) is 0. The molecule has 0 atom stereocenters. The molecule has 0 amide bonds. The molecule has 1 aromatic rings. The van der Waals surface area contributed by atoms with Crippen molar-refractivity contribution in [2.45, 2.75) is 51.0 Å². The lowest BCUT2D eigenvalue weighted by atomic mass is 9.95. The number of nitrogens with zero attached hydrogens (tertiary/aromatic N) is 4. The van der Waals surface area contributed by atoms with Gasteiger partial charge in [-0.05, 0) is 34.1 Å². The molecule has 0 aromatic carbocycles. The predicted molar refractivity (Wildman–Crippen MR) is 67.1 cm³/mol. The first kappa shape index (κ1) is 11.3. The van der Waals surface area contributed by atoms with Gasteiger partial charge in [0.15, 0.2) is 5.82 Å². The van der Waals surface area contributed by atoms with E-state index in [1.54, 1.807) is 0 Å². The number of aromatic nitrogens is 4. The summed E-state index contributed by atoms with van der Waals surface area (Å²) in [6.07, 6.45) is 8.73. The van der Waals surface area contributed by atoms with Crippen LogP contribution < -0.4 is 0 Å². The van der Waals surface area contributed by atoms with Gasteiger partial charge >= 0.3 is 0 Å². The van der Waals surface area contributed by atoms with Crippen molar-refractivity contribution >= 4 is 22.6 Å². The van der Waals surface area contributed by atoms with Gasteiger partial charge in [0, 0.05) is 6.42 Å². The lowest BCUT2D eigenvalue weighted by molar-refractivity contribution is 0.316. The molecule has 1 aliphatic rings. The van der Waals surface area contributed by atoms with Crippen molar-refractivity contribution in [1.82, 2.24) is 20.2 Å². The van der Waals surface area contributed by atoms with Crippen LogP contribution in [0.25, 0.3) is 0 Å². The quantitative estimate of drug-likeness (QED) is 0.632. The number of hydrogen-bond acceptors (Lipinski definition) is 3. The van der Waals surface area contributed by atoms with Gasteiger partial charge in [0.05, 0.1) is 6.04 Å². The molecule has 0 bridgehead atoms. The molecule has 0 unspecified atom stereocenters. The third kappa shape index (κ3) is 2.89. The molecule has 1 saturated carbocycles. The van der Waals surface area contributed by atoms with Crippen molar-refractivity contribution in [3.8, 4) is 0 Å². The summed E-state index contributed by atoms with van der Waals surface area (Å²) in [7, 11) is 0. The van der Waals surface area contributed by atoms with Gasteiger partial charge in [-0.2, -0.15) is 0 Å². The van der Waals surface area contributed by atoms with Crippen LogP contribution >= 0.6 is 22.6 Å². The van der Waals surface area contributed by atoms with E-state index in [9.17, 15) is 0 Å². The van der Waals surface area contributed by atoms with E-state index in [0.29, 0.717) is 6.04 Å². The third-order valence-electron chi connectivity index (χ3n) is 3.02. The highest BCUT2D eigenvalue weighted by molar-refractivity contribution is 14.1. The van der Waals surface area contributed by atoms with Crippen molar-refractivity contribution in [2.75, 3.05) is 4.43 Å². The Morgan fingerprint density at radius 2 is 2.07 bits per heavy atom. The topological polar surface area (TPSA) is 43.6 Å². The van der Waals surface area contributed by atoms with E-state index in [1.165, 1.54) is 43.0 Å². The Kier molecular flexibility index (Phi) is 4.34. The average Bonchev–Trinajstić information content (AvgIpc) is 2.75. The van der Waals surface area contributed by atoms with E-state index in [4.69, 9.17) is 0 Å². The van der Waals surface area contributed by atoms with E-state index >= 15 is 0 Å². The van der Waals surface area contributed by atoms with Crippen molar-refractivity contribution in [1.29, 1.82) is 0 Å². The van der Waals surface area contributed by atoms with Crippen LogP contribution in [0.15, 0.2) is 0 Å². The van der Waals surface area contributed by atoms with Gasteiger partial charge in [-0.3, -0.25) is 0 Å². The first-order valence-corrected chi connectivity index (χ1v) is 7.27. The summed E-state index contributed by atoms with van der Waals surface area (Å²) in [5.41, 5.74) is 0. The Labute approximate surface area is 104 Å². The van der Waals surface area contributed by atoms with Gasteiger partial charge < -0.3 is 0 Å². The zero-order chi connectivity index (χ0) is 10.5. The minimum atomic E-state index is 0.568. The molecular weight excluding hydrogens is 303 g/mol. The Bertz CT molecular complexity index is 293. The second-order valence-electron chi connectivity index (χ2n) is 4.12. The first-order chi connectivity index (χ1) is 7.42. The largest absolute Gasteiger partial charge is 0.227 e. The molecule has 15 heavy (non-hydrogen) atoms. The summed E-state index contributed by atoms with van der Waals surface area (Å²) in [5, 5.41) is 12.1. The van der Waals surface area contributed by atoms with Crippen LogP contribution in [-0.2, 0) is 6.42 Å². The molecule has 1 aliphatic carbocycles. The minimum Gasteiger partial charge on any atom is -0.227 e. The Morgan fingerprint density at radius 3 is 2.80 bits per heavy atom. The predicted octanol–water partition coefficient (Wildman–Crippen LogP) is 2.55. The summed E-state index contributed by atoms with van der Waals surface area (Å²) in [6, 6.07) is 0.568. The molecule has 84 valence electrons. The maximum absolute atomic E-state index is 4.15. The summed E-state index contributed by atoms with van der Waals surface area (Å²) in [6.45, 7) is 0. The molecule has 0 radical (unpaired) electrons. The van der Waals surface area contributed by atoms with Gasteiger partial charge in [0.2, 0.25) is 0 Å². The summed E-state index contributed by atoms with van der Waals surface area (Å²) < 4.78 is 3.25. The molecule has 0 spiro atoms. The Balaban J connectivity index is 2.02. The fourth-order valence-electron chi connectivity index (χ4n) is 2.21. The highest BCUT2D eigenvalue weighted by atomic mass is 127. The van der Waals surface area contributed by atoms with Crippen molar-refractivity contribution in [3.05, 3.63) is 5.82 Å². The SMILES string of the molecule is ICCCc1nnnn1C1CCCCC1. The van der Waals surface area contributed by atoms with Crippen LogP contribution in [0.2, 0.25) is 0 Å². The van der Waals surface area contributed by atoms with Crippen molar-refractivity contribution in [2.24, 2.45) is 0 Å². The summed E-state index contributed by atoms with van der Waals surface area (Å²) >= 11 is 2.40.